The molecule has 0 atom stereocenters. The van der Waals surface area contributed by atoms with E-state index >= 15 is 0 Å². The number of ketones is 1. The smallest absolute Gasteiger partial charge is 0.148 e. The lowest BCUT2D eigenvalue weighted by atomic mass is 9.79. The zero-order chi connectivity index (χ0) is 13.2. The van der Waals surface area contributed by atoms with Gasteiger partial charge < -0.3 is 0 Å². The molecular weight excluding hydrogens is 242 g/mol. The summed E-state index contributed by atoms with van der Waals surface area (Å²) in [6.45, 7) is 5.91. The molecule has 1 heterocycles. The topological polar surface area (TPSA) is 30.0 Å². The van der Waals surface area contributed by atoms with Gasteiger partial charge in [0, 0.05) is 10.8 Å². The molecule has 0 radical (unpaired) electrons. The van der Waals surface area contributed by atoms with Crippen molar-refractivity contribution in [3.05, 3.63) is 52.0 Å². The normalized spacial score (nSPS) is 11.5. The van der Waals surface area contributed by atoms with Gasteiger partial charge in [-0.15, -0.1) is 11.3 Å². The Hall–Kier alpha value is -1.48. The molecule has 0 aliphatic rings. The molecule has 0 aliphatic carbocycles. The summed E-state index contributed by atoms with van der Waals surface area (Å²) >= 11 is 1.59. The van der Waals surface area contributed by atoms with Crippen LogP contribution in [0.15, 0.2) is 35.7 Å². The lowest BCUT2D eigenvalue weighted by molar-refractivity contribution is -0.122. The van der Waals surface area contributed by atoms with Crippen LogP contribution in [0, 0.1) is 6.92 Å². The number of carbonyl (C=O) groups excluding carboxylic acids is 1. The number of nitrogens with zero attached hydrogens (tertiary/aromatic N) is 1. The molecule has 0 aliphatic heterocycles. The number of hydrogen-bond donors (Lipinski definition) is 0. The van der Waals surface area contributed by atoms with E-state index in [1.807, 2.05) is 56.5 Å². The molecule has 0 saturated heterocycles. The minimum absolute atomic E-state index is 0.207. The van der Waals surface area contributed by atoms with Crippen LogP contribution in [0.3, 0.4) is 0 Å². The first-order valence-electron chi connectivity index (χ1n) is 6.00. The Bertz CT molecular complexity index is 543. The van der Waals surface area contributed by atoms with Crippen LogP contribution in [-0.4, -0.2) is 10.8 Å². The van der Waals surface area contributed by atoms with Crippen molar-refractivity contribution in [2.24, 2.45) is 0 Å². The minimum atomic E-state index is -0.460. The summed E-state index contributed by atoms with van der Waals surface area (Å²) in [7, 11) is 0. The van der Waals surface area contributed by atoms with Crippen molar-refractivity contribution >= 4 is 17.1 Å². The summed E-state index contributed by atoms with van der Waals surface area (Å²) in [5, 5.41) is 2.98. The summed E-state index contributed by atoms with van der Waals surface area (Å²) in [6, 6.07) is 9.91. The van der Waals surface area contributed by atoms with E-state index in [4.69, 9.17) is 0 Å². The van der Waals surface area contributed by atoms with Crippen LogP contribution in [0.1, 0.15) is 30.1 Å². The third kappa shape index (κ3) is 2.67. The maximum atomic E-state index is 12.4. The SMILES string of the molecule is Cc1nc(CC(=O)C(C)(C)c2ccccc2)cs1. The molecule has 1 aromatic heterocycles. The van der Waals surface area contributed by atoms with Crippen LogP contribution in [-0.2, 0) is 16.6 Å². The lowest BCUT2D eigenvalue weighted by Crippen LogP contribution is -2.30. The highest BCUT2D eigenvalue weighted by Gasteiger charge is 2.29. The van der Waals surface area contributed by atoms with Crippen LogP contribution in [0.25, 0.3) is 0 Å². The lowest BCUT2D eigenvalue weighted by Gasteiger charge is -2.23. The Labute approximate surface area is 112 Å². The molecular formula is C15H17NOS. The van der Waals surface area contributed by atoms with Crippen LogP contribution in [0.4, 0.5) is 0 Å². The summed E-state index contributed by atoms with van der Waals surface area (Å²) < 4.78 is 0. The third-order valence-electron chi connectivity index (χ3n) is 3.20. The second-order valence-corrected chi connectivity index (χ2v) is 6.01. The molecule has 0 N–H and O–H groups in total. The predicted octanol–water partition coefficient (Wildman–Crippen LogP) is 3.54. The van der Waals surface area contributed by atoms with Gasteiger partial charge in [0.1, 0.15) is 5.78 Å². The number of benzene rings is 1. The molecule has 0 saturated carbocycles. The fourth-order valence-corrected chi connectivity index (χ4v) is 2.50. The monoisotopic (exact) mass is 259 g/mol. The molecule has 0 spiro atoms. The van der Waals surface area contributed by atoms with E-state index in [1.165, 1.54) is 0 Å². The fourth-order valence-electron chi connectivity index (χ4n) is 1.89. The Kier molecular flexibility index (Phi) is 3.62. The summed E-state index contributed by atoms with van der Waals surface area (Å²) in [6.07, 6.45) is 0.409. The number of aromatic nitrogens is 1. The molecule has 2 rings (SSSR count). The number of rotatable bonds is 4. The van der Waals surface area contributed by atoms with Crippen molar-refractivity contribution in [1.29, 1.82) is 0 Å². The largest absolute Gasteiger partial charge is 0.298 e. The maximum absolute atomic E-state index is 12.4. The summed E-state index contributed by atoms with van der Waals surface area (Å²) in [5.74, 6) is 0.207. The van der Waals surface area contributed by atoms with Crippen molar-refractivity contribution in [2.45, 2.75) is 32.6 Å². The van der Waals surface area contributed by atoms with Gasteiger partial charge in [0.2, 0.25) is 0 Å². The highest BCUT2D eigenvalue weighted by Crippen LogP contribution is 2.25. The van der Waals surface area contributed by atoms with Crippen LogP contribution in [0.2, 0.25) is 0 Å². The highest BCUT2D eigenvalue weighted by atomic mass is 32.1. The number of aryl methyl sites for hydroxylation is 1. The Morgan fingerprint density at radius 3 is 2.50 bits per heavy atom. The van der Waals surface area contributed by atoms with Gasteiger partial charge in [-0.2, -0.15) is 0 Å². The van der Waals surface area contributed by atoms with Crippen molar-refractivity contribution in [3.8, 4) is 0 Å². The number of thiazole rings is 1. The van der Waals surface area contributed by atoms with Gasteiger partial charge in [-0.3, -0.25) is 4.79 Å². The first-order valence-corrected chi connectivity index (χ1v) is 6.88. The van der Waals surface area contributed by atoms with Crippen LogP contribution >= 0.6 is 11.3 Å². The molecule has 2 nitrogen and oxygen atoms in total. The van der Waals surface area contributed by atoms with Gasteiger partial charge in [-0.05, 0) is 26.3 Å². The second kappa shape index (κ2) is 5.02. The molecule has 0 amide bonds. The summed E-state index contributed by atoms with van der Waals surface area (Å²) in [4.78, 5) is 16.8. The highest BCUT2D eigenvalue weighted by molar-refractivity contribution is 7.09. The van der Waals surface area contributed by atoms with Gasteiger partial charge in [-0.1, -0.05) is 30.3 Å². The van der Waals surface area contributed by atoms with Crippen LogP contribution < -0.4 is 0 Å². The van der Waals surface area contributed by atoms with Gasteiger partial charge in [0.05, 0.1) is 17.1 Å². The Morgan fingerprint density at radius 1 is 1.28 bits per heavy atom. The molecule has 94 valence electrons. The van der Waals surface area contributed by atoms with E-state index < -0.39 is 5.41 Å². The van der Waals surface area contributed by atoms with E-state index in [0.29, 0.717) is 6.42 Å². The van der Waals surface area contributed by atoms with E-state index in [9.17, 15) is 4.79 Å². The third-order valence-corrected chi connectivity index (χ3v) is 4.02. The van der Waals surface area contributed by atoms with Crippen molar-refractivity contribution < 1.29 is 4.79 Å². The molecule has 0 unspecified atom stereocenters. The minimum Gasteiger partial charge on any atom is -0.298 e. The zero-order valence-corrected chi connectivity index (χ0v) is 11.8. The van der Waals surface area contributed by atoms with Crippen molar-refractivity contribution in [2.75, 3.05) is 0 Å². The molecule has 0 fully saturated rings. The van der Waals surface area contributed by atoms with E-state index in [1.54, 1.807) is 11.3 Å². The zero-order valence-electron chi connectivity index (χ0n) is 10.9. The first-order chi connectivity index (χ1) is 8.50. The standard InChI is InChI=1S/C15H17NOS/c1-11-16-13(10-18-11)9-14(17)15(2,3)12-7-5-4-6-8-12/h4-8,10H,9H2,1-3H3. The quantitative estimate of drug-likeness (QED) is 0.840. The van der Waals surface area contributed by atoms with Crippen LogP contribution in [0.5, 0.6) is 0 Å². The molecule has 18 heavy (non-hydrogen) atoms. The molecule has 2 aromatic rings. The number of hydrogen-bond acceptors (Lipinski definition) is 3. The van der Waals surface area contributed by atoms with Crippen molar-refractivity contribution in [1.82, 2.24) is 4.98 Å². The molecule has 3 heteroatoms. The van der Waals surface area contributed by atoms with Gasteiger partial charge in [0.25, 0.3) is 0 Å². The summed E-state index contributed by atoms with van der Waals surface area (Å²) in [5.41, 5.74) is 1.48. The van der Waals surface area contributed by atoms with Gasteiger partial charge in [0.15, 0.2) is 0 Å². The molecule has 0 bridgehead atoms. The fraction of sp³-hybridized carbons (Fsp3) is 0.333. The van der Waals surface area contributed by atoms with Crippen molar-refractivity contribution in [3.63, 3.8) is 0 Å². The predicted molar refractivity (Wildman–Crippen MR) is 75.0 cm³/mol. The maximum Gasteiger partial charge on any atom is 0.148 e. The Morgan fingerprint density at radius 2 is 1.94 bits per heavy atom. The average molecular weight is 259 g/mol. The number of Topliss-reactive ketones (excluding diaryl/α,β-unsaturated/α-hetero) is 1. The van der Waals surface area contributed by atoms with E-state index in [2.05, 4.69) is 4.98 Å². The average Bonchev–Trinajstić information content (AvgIpc) is 2.76. The molecule has 1 aromatic carbocycles. The first kappa shape index (κ1) is 13.0. The van der Waals surface area contributed by atoms with Gasteiger partial charge in [-0.25, -0.2) is 4.98 Å². The second-order valence-electron chi connectivity index (χ2n) is 4.95. The number of carbonyl (C=O) groups is 1. The van der Waals surface area contributed by atoms with E-state index in [0.717, 1.165) is 16.3 Å². The Balaban J connectivity index is 2.18. The van der Waals surface area contributed by atoms with Gasteiger partial charge >= 0.3 is 0 Å². The van der Waals surface area contributed by atoms with E-state index in [-0.39, 0.29) is 5.78 Å².